The topological polar surface area (TPSA) is 88.0 Å². The molecule has 1 fully saturated rings. The lowest BCUT2D eigenvalue weighted by molar-refractivity contribution is -0.117. The number of anilines is 1. The van der Waals surface area contributed by atoms with Crippen LogP contribution in [0.1, 0.15) is 25.1 Å². The second-order valence-corrected chi connectivity index (χ2v) is 6.96. The van der Waals surface area contributed by atoms with Crippen molar-refractivity contribution in [3.05, 3.63) is 29.8 Å². The van der Waals surface area contributed by atoms with Gasteiger partial charge in [-0.2, -0.15) is 4.68 Å². The molecule has 2 aromatic rings. The quantitative estimate of drug-likeness (QED) is 0.760. The number of piperidine rings is 1. The van der Waals surface area contributed by atoms with E-state index in [4.69, 9.17) is 0 Å². The Kier molecular flexibility index (Phi) is 6.46. The van der Waals surface area contributed by atoms with E-state index in [2.05, 4.69) is 31.1 Å². The number of aromatic nitrogens is 4. The summed E-state index contributed by atoms with van der Waals surface area (Å²) in [5.41, 5.74) is 0.732. The zero-order valence-electron chi connectivity index (χ0n) is 15.8. The summed E-state index contributed by atoms with van der Waals surface area (Å²) < 4.78 is 15.6. The van der Waals surface area contributed by atoms with Crippen molar-refractivity contribution in [2.24, 2.45) is 5.92 Å². The average Bonchev–Trinajstić information content (AvgIpc) is 3.09. The van der Waals surface area contributed by atoms with Crippen molar-refractivity contribution in [3.63, 3.8) is 0 Å². The van der Waals surface area contributed by atoms with E-state index in [1.807, 2.05) is 7.05 Å². The van der Waals surface area contributed by atoms with Crippen LogP contribution in [0.15, 0.2) is 18.2 Å². The fourth-order valence-electron chi connectivity index (χ4n) is 3.39. The van der Waals surface area contributed by atoms with Crippen LogP contribution in [0.25, 0.3) is 5.69 Å². The van der Waals surface area contributed by atoms with Crippen LogP contribution in [0.5, 0.6) is 0 Å². The predicted molar refractivity (Wildman–Crippen MR) is 100 cm³/mol. The van der Waals surface area contributed by atoms with Crippen LogP contribution >= 0.6 is 0 Å². The number of nitrogens with zero attached hydrogens (tertiary/aromatic N) is 5. The summed E-state index contributed by atoms with van der Waals surface area (Å²) >= 11 is 0. The van der Waals surface area contributed by atoms with Gasteiger partial charge in [0, 0.05) is 0 Å². The van der Waals surface area contributed by atoms with Gasteiger partial charge < -0.3 is 10.6 Å². The van der Waals surface area contributed by atoms with E-state index < -0.39 is 5.82 Å². The lowest BCUT2D eigenvalue weighted by Gasteiger charge is -2.31. The van der Waals surface area contributed by atoms with Crippen molar-refractivity contribution in [1.29, 1.82) is 0 Å². The SMILES string of the molecule is CNCCC1CCN(CC(=O)Nc2cc(-n3nnnc3C)ccc2F)CC1. The second kappa shape index (κ2) is 9.01. The van der Waals surface area contributed by atoms with Crippen LogP contribution in [0, 0.1) is 18.7 Å². The second-order valence-electron chi connectivity index (χ2n) is 6.96. The van der Waals surface area contributed by atoms with Gasteiger partial charge in [-0.15, -0.1) is 5.10 Å². The van der Waals surface area contributed by atoms with Crippen LogP contribution in [-0.4, -0.2) is 64.2 Å². The number of carbonyl (C=O) groups excluding carboxylic acids is 1. The molecule has 146 valence electrons. The molecule has 1 amide bonds. The number of hydrogen-bond acceptors (Lipinski definition) is 6. The van der Waals surface area contributed by atoms with E-state index in [0.717, 1.165) is 32.5 Å². The van der Waals surface area contributed by atoms with E-state index in [9.17, 15) is 9.18 Å². The molecule has 2 N–H and O–H groups in total. The Morgan fingerprint density at radius 2 is 2.11 bits per heavy atom. The molecule has 1 aromatic carbocycles. The molecule has 0 bridgehead atoms. The van der Waals surface area contributed by atoms with Crippen molar-refractivity contribution in [2.45, 2.75) is 26.2 Å². The van der Waals surface area contributed by atoms with Crippen molar-refractivity contribution in [1.82, 2.24) is 30.4 Å². The number of carbonyl (C=O) groups is 1. The van der Waals surface area contributed by atoms with E-state index in [-0.39, 0.29) is 18.1 Å². The molecule has 0 atom stereocenters. The van der Waals surface area contributed by atoms with Crippen LogP contribution in [-0.2, 0) is 4.79 Å². The molecule has 3 rings (SSSR count). The minimum absolute atomic E-state index is 0.135. The Bertz CT molecular complexity index is 771. The van der Waals surface area contributed by atoms with Gasteiger partial charge in [0.15, 0.2) is 5.82 Å². The average molecular weight is 375 g/mol. The van der Waals surface area contributed by atoms with Crippen LogP contribution in [0.3, 0.4) is 0 Å². The molecule has 8 nitrogen and oxygen atoms in total. The minimum atomic E-state index is -0.483. The molecule has 0 unspecified atom stereocenters. The molecule has 27 heavy (non-hydrogen) atoms. The highest BCUT2D eigenvalue weighted by Gasteiger charge is 2.21. The van der Waals surface area contributed by atoms with Gasteiger partial charge in [0.25, 0.3) is 0 Å². The normalized spacial score (nSPS) is 15.8. The first-order chi connectivity index (χ1) is 13.1. The van der Waals surface area contributed by atoms with E-state index in [0.29, 0.717) is 17.4 Å². The van der Waals surface area contributed by atoms with Gasteiger partial charge in [-0.25, -0.2) is 4.39 Å². The summed E-state index contributed by atoms with van der Waals surface area (Å²) in [6.45, 7) is 4.85. The predicted octanol–water partition coefficient (Wildman–Crippen LogP) is 1.37. The van der Waals surface area contributed by atoms with Gasteiger partial charge in [-0.1, -0.05) is 0 Å². The largest absolute Gasteiger partial charge is 0.322 e. The Labute approximate surface area is 158 Å². The number of amides is 1. The molecular weight excluding hydrogens is 349 g/mol. The molecule has 0 radical (unpaired) electrons. The third kappa shape index (κ3) is 5.08. The van der Waals surface area contributed by atoms with Crippen molar-refractivity contribution < 1.29 is 9.18 Å². The number of halogens is 1. The van der Waals surface area contributed by atoms with Crippen molar-refractivity contribution >= 4 is 11.6 Å². The van der Waals surface area contributed by atoms with E-state index >= 15 is 0 Å². The van der Waals surface area contributed by atoms with Crippen molar-refractivity contribution in [3.8, 4) is 5.69 Å². The smallest absolute Gasteiger partial charge is 0.238 e. The van der Waals surface area contributed by atoms with E-state index in [1.54, 1.807) is 19.1 Å². The van der Waals surface area contributed by atoms with E-state index in [1.165, 1.54) is 17.2 Å². The Balaban J connectivity index is 1.56. The summed E-state index contributed by atoms with van der Waals surface area (Å²) in [4.78, 5) is 14.5. The van der Waals surface area contributed by atoms with Crippen LogP contribution in [0.4, 0.5) is 10.1 Å². The molecule has 0 spiro atoms. The molecule has 0 saturated carbocycles. The maximum atomic E-state index is 14.1. The summed E-state index contributed by atoms with van der Waals surface area (Å²) in [7, 11) is 1.97. The number of rotatable bonds is 7. The number of likely N-dealkylation sites (tertiary alicyclic amines) is 1. The number of benzene rings is 1. The first-order valence-corrected chi connectivity index (χ1v) is 9.28. The lowest BCUT2D eigenvalue weighted by atomic mass is 9.93. The van der Waals surface area contributed by atoms with Gasteiger partial charge >= 0.3 is 0 Å². The molecule has 2 heterocycles. The molecule has 0 aliphatic carbocycles. The van der Waals surface area contributed by atoms with Gasteiger partial charge in [0.2, 0.25) is 5.91 Å². The molecule has 1 aliphatic heterocycles. The zero-order chi connectivity index (χ0) is 19.2. The molecule has 1 aliphatic rings. The van der Waals surface area contributed by atoms with Gasteiger partial charge in [0.1, 0.15) is 5.82 Å². The molecule has 9 heteroatoms. The number of hydrogen-bond donors (Lipinski definition) is 2. The summed E-state index contributed by atoms with van der Waals surface area (Å²) in [5, 5.41) is 17.1. The van der Waals surface area contributed by atoms with Gasteiger partial charge in [0.05, 0.1) is 17.9 Å². The summed E-state index contributed by atoms with van der Waals surface area (Å²) in [5.74, 6) is 0.599. The lowest BCUT2D eigenvalue weighted by Crippen LogP contribution is -2.39. The Hall–Kier alpha value is -2.39. The minimum Gasteiger partial charge on any atom is -0.322 e. The monoisotopic (exact) mass is 375 g/mol. The Morgan fingerprint density at radius 1 is 1.33 bits per heavy atom. The maximum absolute atomic E-state index is 14.1. The third-order valence-corrected chi connectivity index (χ3v) is 4.97. The molecule has 1 saturated heterocycles. The summed E-state index contributed by atoms with van der Waals surface area (Å²) in [6.07, 6.45) is 3.36. The zero-order valence-corrected chi connectivity index (χ0v) is 15.8. The number of aryl methyl sites for hydroxylation is 1. The maximum Gasteiger partial charge on any atom is 0.238 e. The first-order valence-electron chi connectivity index (χ1n) is 9.28. The highest BCUT2D eigenvalue weighted by molar-refractivity contribution is 5.92. The Morgan fingerprint density at radius 3 is 2.78 bits per heavy atom. The van der Waals surface area contributed by atoms with Gasteiger partial charge in [-0.3, -0.25) is 9.69 Å². The fraction of sp³-hybridized carbons (Fsp3) is 0.556. The molecule has 1 aromatic heterocycles. The highest BCUT2D eigenvalue weighted by Crippen LogP contribution is 2.21. The first kappa shape index (κ1) is 19.4. The van der Waals surface area contributed by atoms with Crippen molar-refractivity contribution in [2.75, 3.05) is 38.5 Å². The summed E-state index contributed by atoms with van der Waals surface area (Å²) in [6, 6.07) is 4.42. The third-order valence-electron chi connectivity index (χ3n) is 4.97. The fourth-order valence-corrected chi connectivity index (χ4v) is 3.39. The number of tetrazole rings is 1. The highest BCUT2D eigenvalue weighted by atomic mass is 19.1. The number of nitrogens with one attached hydrogen (secondary N) is 2. The molecular formula is C18H26FN7O. The van der Waals surface area contributed by atoms with Crippen LogP contribution in [0.2, 0.25) is 0 Å². The van der Waals surface area contributed by atoms with Crippen LogP contribution < -0.4 is 10.6 Å². The standard InChI is InChI=1S/C18H26FN7O/c1-13-22-23-24-26(13)15-3-4-16(19)17(11-15)21-18(27)12-25-9-6-14(7-10-25)5-8-20-2/h3-4,11,14,20H,5-10,12H2,1-2H3,(H,21,27). The van der Waals surface area contributed by atoms with Gasteiger partial charge in [-0.05, 0) is 87.4 Å².